The second-order valence-electron chi connectivity index (χ2n) is 4.15. The number of hydrogen-bond acceptors (Lipinski definition) is 4. The van der Waals surface area contributed by atoms with Crippen LogP contribution in [0, 0.1) is 46.5 Å². The molecule has 3 nitrogen and oxygen atoms in total. The Morgan fingerprint density at radius 3 is 2.71 bits per heavy atom. The van der Waals surface area contributed by atoms with E-state index in [0.29, 0.717) is 5.82 Å². The van der Waals surface area contributed by atoms with Crippen molar-refractivity contribution < 1.29 is 41.5 Å². The Bertz CT molecular complexity index is 490. The Kier molecular flexibility index (Phi) is 3.12. The molecule has 1 aliphatic heterocycles. The van der Waals surface area contributed by atoms with Gasteiger partial charge in [-0.2, -0.15) is 0 Å². The van der Waals surface area contributed by atoms with E-state index in [-0.39, 0.29) is 46.9 Å². The SMILES string of the molecule is CC(C)(C)C1=c2ncnc(N)c2=[XeH]S1. The summed E-state index contributed by atoms with van der Waals surface area (Å²) < 4.78 is 3.15. The molecular formula is C9H13N3SXe. The molecule has 14 heavy (non-hydrogen) atoms. The Morgan fingerprint density at radius 1 is 1.36 bits per heavy atom. The summed E-state index contributed by atoms with van der Waals surface area (Å²) in [4.78, 5) is 9.75. The van der Waals surface area contributed by atoms with Gasteiger partial charge in [-0.3, -0.25) is 0 Å². The molecule has 0 amide bonds. The molecule has 2 rings (SSSR count). The molecule has 78 valence electrons. The van der Waals surface area contributed by atoms with Crippen LogP contribution in [0.5, 0.6) is 0 Å². The summed E-state index contributed by atoms with van der Waals surface area (Å²) in [5.74, 6) is 0.676. The first kappa shape index (κ1) is 11.2. The molecule has 0 aliphatic carbocycles. The Balaban J connectivity index is 2.80. The number of nitrogen functional groups attached to an aromatic ring is 1. The van der Waals surface area contributed by atoms with Gasteiger partial charge in [-0.25, -0.2) is 0 Å². The molecule has 0 saturated carbocycles. The fraction of sp³-hybridized carbons (Fsp3) is 0.444. The van der Waals surface area contributed by atoms with Crippen LogP contribution >= 0.6 is 4.06 Å². The van der Waals surface area contributed by atoms with Crippen molar-refractivity contribution in [2.75, 3.05) is 5.73 Å². The molecule has 1 aromatic rings. The first-order chi connectivity index (χ1) is 6.50. The Hall–Kier alpha value is 0.671. The van der Waals surface area contributed by atoms with Gasteiger partial charge >= 0.3 is 109 Å². The second-order valence-corrected chi connectivity index (χ2v) is 8.59. The maximum atomic E-state index is 5.83. The number of hydrogen-bond donors (Lipinski definition) is 1. The summed E-state index contributed by atoms with van der Waals surface area (Å²) in [5.41, 5.74) is 6.00. The fourth-order valence-electron chi connectivity index (χ4n) is 1.20. The summed E-state index contributed by atoms with van der Waals surface area (Å²) in [5, 5.41) is 1.10. The number of nitrogens with two attached hydrogens (primary N) is 1. The quantitative estimate of drug-likeness (QED) is 0.771. The van der Waals surface area contributed by atoms with Crippen LogP contribution in [-0.2, 0) is 0 Å². The average molecular weight is 327 g/mol. The van der Waals surface area contributed by atoms with Gasteiger partial charge in [0, 0.05) is 0 Å². The molecule has 0 unspecified atom stereocenters. The molecule has 0 atom stereocenters. The molecule has 0 radical (unpaired) electrons. The van der Waals surface area contributed by atoms with Crippen LogP contribution in [-0.4, -0.2) is 9.97 Å². The van der Waals surface area contributed by atoms with Crippen molar-refractivity contribution in [1.29, 1.82) is 0 Å². The van der Waals surface area contributed by atoms with Crippen LogP contribution in [0.1, 0.15) is 20.8 Å². The van der Waals surface area contributed by atoms with Crippen molar-refractivity contribution in [2.24, 2.45) is 5.41 Å². The van der Waals surface area contributed by atoms with E-state index in [1.165, 1.54) is 4.49 Å². The van der Waals surface area contributed by atoms with E-state index in [9.17, 15) is 0 Å². The summed E-state index contributed by atoms with van der Waals surface area (Å²) in [7, 11) is 0. The Labute approximate surface area is 108 Å². The summed E-state index contributed by atoms with van der Waals surface area (Å²) in [6, 6.07) is 0. The van der Waals surface area contributed by atoms with Crippen LogP contribution in [0.4, 0.5) is 5.82 Å². The number of anilines is 1. The van der Waals surface area contributed by atoms with E-state index in [2.05, 4.69) is 30.7 Å². The zero-order valence-electron chi connectivity index (χ0n) is 8.34. The van der Waals surface area contributed by atoms with Crippen molar-refractivity contribution in [1.82, 2.24) is 9.97 Å². The zero-order chi connectivity index (χ0) is 10.3. The van der Waals surface area contributed by atoms with Gasteiger partial charge in [0.25, 0.3) is 0 Å². The van der Waals surface area contributed by atoms with Gasteiger partial charge in [0.1, 0.15) is 0 Å². The first-order valence-corrected chi connectivity index (χ1v) is 8.74. The first-order valence-electron chi connectivity index (χ1n) is 4.30. The molecular weight excluding hydrogens is 313 g/mol. The molecule has 0 aromatic carbocycles. The number of fused-ring (bicyclic) bond motifs is 1. The standard InChI is InChI=1S/C9H13N3SXe/c1-9(2,3)7-5-6(14-13-7)8(10)12-4-11-5/h4,14H,1-3H3,(H2,10,11,12). The van der Waals surface area contributed by atoms with Crippen LogP contribution in [0.3, 0.4) is 0 Å². The fourth-order valence-corrected chi connectivity index (χ4v) is 7.93. The maximum absolute atomic E-state index is 5.83. The number of aromatic nitrogens is 2. The van der Waals surface area contributed by atoms with E-state index in [1.54, 1.807) is 6.33 Å². The van der Waals surface area contributed by atoms with Gasteiger partial charge in [-0.05, 0) is 0 Å². The molecule has 2 N–H and O–H groups in total. The van der Waals surface area contributed by atoms with Gasteiger partial charge in [-0.15, -0.1) is 0 Å². The van der Waals surface area contributed by atoms with Crippen molar-refractivity contribution in [3.8, 4) is 0 Å². The van der Waals surface area contributed by atoms with Gasteiger partial charge in [0.2, 0.25) is 0 Å². The van der Waals surface area contributed by atoms with Crippen LogP contribution in [0.25, 0.3) is 4.91 Å². The van der Waals surface area contributed by atoms with Crippen molar-refractivity contribution in [2.45, 2.75) is 20.8 Å². The monoisotopic (exact) mass is 327 g/mol. The Morgan fingerprint density at radius 2 is 2.07 bits per heavy atom. The van der Waals surface area contributed by atoms with Crippen LogP contribution < -0.4 is 11.1 Å². The molecule has 0 saturated heterocycles. The van der Waals surface area contributed by atoms with Crippen molar-refractivity contribution in [3.05, 3.63) is 11.3 Å². The van der Waals surface area contributed by atoms with E-state index in [4.69, 9.17) is 5.73 Å². The van der Waals surface area contributed by atoms with Crippen LogP contribution in [0.2, 0.25) is 0 Å². The minimum atomic E-state index is -0.0757. The molecule has 1 aromatic heterocycles. The topological polar surface area (TPSA) is 51.8 Å². The molecule has 5 heteroatoms. The predicted molar refractivity (Wildman–Crippen MR) is 56.8 cm³/mol. The second kappa shape index (κ2) is 3.92. The van der Waals surface area contributed by atoms with Gasteiger partial charge in [0.15, 0.2) is 0 Å². The average Bonchev–Trinajstić information content (AvgIpc) is 2.47. The van der Waals surface area contributed by atoms with E-state index in [0.717, 1.165) is 5.35 Å². The number of rotatable bonds is 0. The van der Waals surface area contributed by atoms with E-state index in [1.807, 2.05) is 4.06 Å². The van der Waals surface area contributed by atoms with Gasteiger partial charge < -0.3 is 0 Å². The minimum absolute atomic E-state index is 0.0757. The molecule has 1 aliphatic rings. The molecule has 0 bridgehead atoms. The van der Waals surface area contributed by atoms with E-state index < -0.39 is 0 Å². The summed E-state index contributed by atoms with van der Waals surface area (Å²) in [6.07, 6.45) is 1.57. The van der Waals surface area contributed by atoms with E-state index >= 15 is 0 Å². The van der Waals surface area contributed by atoms with Gasteiger partial charge in [-0.1, -0.05) is 0 Å². The zero-order valence-corrected chi connectivity index (χ0v) is 11.3. The predicted octanol–water partition coefficient (Wildman–Crippen LogP) is 0.943. The number of nitrogens with zero attached hydrogens (tertiary/aromatic N) is 2. The van der Waals surface area contributed by atoms with Gasteiger partial charge in [0.05, 0.1) is 0 Å². The normalized spacial score (nSPS) is 16.4. The molecule has 0 fully saturated rings. The third-order valence-electron chi connectivity index (χ3n) is 1.91. The third kappa shape index (κ3) is 1.96. The van der Waals surface area contributed by atoms with Crippen molar-refractivity contribution in [3.63, 3.8) is 0 Å². The van der Waals surface area contributed by atoms with Crippen LogP contribution in [0.15, 0.2) is 6.33 Å². The van der Waals surface area contributed by atoms with Crippen molar-refractivity contribution >= 4 is 14.8 Å². The molecule has 0 spiro atoms. The summed E-state index contributed by atoms with van der Waals surface area (Å²) in [6.45, 7) is 6.64. The summed E-state index contributed by atoms with van der Waals surface area (Å²) >= 11 is -0.0757. The molecule has 2 heterocycles. The third-order valence-corrected chi connectivity index (χ3v) is 7.46.